The van der Waals surface area contributed by atoms with Crippen molar-refractivity contribution >= 4 is 28.6 Å². The van der Waals surface area contributed by atoms with Crippen LogP contribution in [0.4, 0.5) is 0 Å². The summed E-state index contributed by atoms with van der Waals surface area (Å²) in [4.78, 5) is 36.4. The van der Waals surface area contributed by atoms with Crippen LogP contribution in [0.5, 0.6) is 0 Å². The number of benzene rings is 2. The molecule has 0 heterocycles. The summed E-state index contributed by atoms with van der Waals surface area (Å²) >= 11 is 0. The Bertz CT molecular complexity index is 781. The van der Waals surface area contributed by atoms with Crippen molar-refractivity contribution in [1.29, 1.82) is 0 Å². The van der Waals surface area contributed by atoms with E-state index >= 15 is 0 Å². The van der Waals surface area contributed by atoms with Crippen LogP contribution in [0.15, 0.2) is 42.5 Å². The first-order chi connectivity index (χ1) is 11.9. The molecule has 2 amide bonds. The lowest BCUT2D eigenvalue weighted by Gasteiger charge is -2.25. The summed E-state index contributed by atoms with van der Waals surface area (Å²) in [7, 11) is 0. The topological polar surface area (TPSA) is 86.7 Å². The van der Waals surface area contributed by atoms with Crippen LogP contribution in [0.2, 0.25) is 0 Å². The largest absolute Gasteiger partial charge is 0.480 e. The van der Waals surface area contributed by atoms with Crippen LogP contribution in [0, 0.1) is 0 Å². The third-order valence-electron chi connectivity index (χ3n) is 3.92. The molecule has 2 aromatic carbocycles. The van der Waals surface area contributed by atoms with E-state index in [0.717, 1.165) is 16.3 Å². The molecule has 0 unspecified atom stereocenters. The molecule has 0 atom stereocenters. The molecule has 6 heteroatoms. The summed E-state index contributed by atoms with van der Waals surface area (Å²) in [5.41, 5.74) is 0.884. The van der Waals surface area contributed by atoms with Gasteiger partial charge in [0.15, 0.2) is 0 Å². The van der Waals surface area contributed by atoms with Crippen LogP contribution in [0.1, 0.15) is 19.4 Å². The number of carbonyl (C=O) groups is 3. The molecule has 0 aliphatic rings. The Morgan fingerprint density at radius 2 is 1.76 bits per heavy atom. The molecule has 0 saturated carbocycles. The van der Waals surface area contributed by atoms with Crippen LogP contribution in [0.3, 0.4) is 0 Å². The van der Waals surface area contributed by atoms with Gasteiger partial charge in [-0.15, -0.1) is 0 Å². The highest BCUT2D eigenvalue weighted by Crippen LogP contribution is 2.18. The zero-order valence-electron chi connectivity index (χ0n) is 14.4. The van der Waals surface area contributed by atoms with E-state index in [4.69, 9.17) is 5.11 Å². The fourth-order valence-electron chi connectivity index (χ4n) is 2.66. The number of hydrogen-bond donors (Lipinski definition) is 2. The fourth-order valence-corrected chi connectivity index (χ4v) is 2.66. The monoisotopic (exact) mass is 342 g/mol. The number of nitrogens with one attached hydrogen (secondary N) is 1. The maximum atomic E-state index is 12.2. The molecule has 6 nitrogen and oxygen atoms in total. The van der Waals surface area contributed by atoms with Crippen molar-refractivity contribution in [3.63, 3.8) is 0 Å². The van der Waals surface area contributed by atoms with Crippen LogP contribution in [-0.2, 0) is 20.8 Å². The highest BCUT2D eigenvalue weighted by Gasteiger charge is 2.20. The van der Waals surface area contributed by atoms with E-state index in [9.17, 15) is 14.4 Å². The second kappa shape index (κ2) is 8.28. The van der Waals surface area contributed by atoms with E-state index in [1.54, 1.807) is 13.8 Å². The van der Waals surface area contributed by atoms with Crippen molar-refractivity contribution in [1.82, 2.24) is 10.2 Å². The third kappa shape index (κ3) is 5.04. The number of nitrogens with zero attached hydrogens (tertiary/aromatic N) is 1. The first kappa shape index (κ1) is 18.4. The van der Waals surface area contributed by atoms with E-state index in [-0.39, 0.29) is 31.5 Å². The van der Waals surface area contributed by atoms with Gasteiger partial charge in [0.2, 0.25) is 11.8 Å². The predicted octanol–water partition coefficient (Wildman–Crippen LogP) is 1.82. The lowest BCUT2D eigenvalue weighted by Crippen LogP contribution is -2.46. The second-order valence-electron chi connectivity index (χ2n) is 6.10. The zero-order chi connectivity index (χ0) is 18.4. The quantitative estimate of drug-likeness (QED) is 0.803. The van der Waals surface area contributed by atoms with E-state index in [0.29, 0.717) is 0 Å². The number of carboxylic acid groups (broad SMARTS) is 1. The van der Waals surface area contributed by atoms with Crippen molar-refractivity contribution in [2.45, 2.75) is 26.3 Å². The fraction of sp³-hybridized carbons (Fsp3) is 0.316. The summed E-state index contributed by atoms with van der Waals surface area (Å²) in [6.07, 6.45) is 0.162. The van der Waals surface area contributed by atoms with Crippen LogP contribution >= 0.6 is 0 Å². The Morgan fingerprint density at radius 1 is 1.08 bits per heavy atom. The summed E-state index contributed by atoms with van der Waals surface area (Å²) in [6.45, 7) is 2.88. The summed E-state index contributed by atoms with van der Waals surface area (Å²) in [5.74, 6) is -1.77. The van der Waals surface area contributed by atoms with Gasteiger partial charge >= 0.3 is 5.97 Å². The third-order valence-corrected chi connectivity index (χ3v) is 3.92. The first-order valence-corrected chi connectivity index (χ1v) is 8.13. The molecule has 0 aromatic heterocycles. The number of carbonyl (C=O) groups excluding carboxylic acids is 2. The summed E-state index contributed by atoms with van der Waals surface area (Å²) in [5, 5.41) is 13.5. The molecular weight excluding hydrogens is 320 g/mol. The normalized spacial score (nSPS) is 10.7. The van der Waals surface area contributed by atoms with Gasteiger partial charge < -0.3 is 15.3 Å². The van der Waals surface area contributed by atoms with E-state index < -0.39 is 11.9 Å². The van der Waals surface area contributed by atoms with E-state index in [1.807, 2.05) is 42.5 Å². The highest BCUT2D eigenvalue weighted by atomic mass is 16.4. The van der Waals surface area contributed by atoms with Gasteiger partial charge in [0.05, 0.1) is 13.0 Å². The molecule has 2 rings (SSSR count). The molecule has 2 aromatic rings. The zero-order valence-corrected chi connectivity index (χ0v) is 14.4. The first-order valence-electron chi connectivity index (χ1n) is 8.13. The number of rotatable bonds is 7. The number of carboxylic acids is 1. The minimum atomic E-state index is -1.08. The summed E-state index contributed by atoms with van der Waals surface area (Å²) in [6, 6.07) is 13.3. The van der Waals surface area contributed by atoms with Gasteiger partial charge in [-0.3, -0.25) is 14.4 Å². The molecule has 0 aliphatic heterocycles. The standard InChI is InChI=1S/C19H22N2O4/c1-13(2)21(12-19(24)25)18(23)11-20-17(22)10-15-8-5-7-14-6-3-4-9-16(14)15/h3-9,13H,10-12H2,1-2H3,(H,20,22)(H,24,25). The van der Waals surface area contributed by atoms with Gasteiger partial charge in [-0.1, -0.05) is 42.5 Å². The minimum Gasteiger partial charge on any atom is -0.480 e. The Balaban J connectivity index is 1.98. The van der Waals surface area contributed by atoms with Gasteiger partial charge in [0.1, 0.15) is 6.54 Å². The Hall–Kier alpha value is -2.89. The van der Waals surface area contributed by atoms with Gasteiger partial charge in [0, 0.05) is 6.04 Å². The van der Waals surface area contributed by atoms with E-state index in [1.165, 1.54) is 4.90 Å². The highest BCUT2D eigenvalue weighted by molar-refractivity contribution is 5.92. The number of amides is 2. The van der Waals surface area contributed by atoms with Gasteiger partial charge in [-0.2, -0.15) is 0 Å². The maximum absolute atomic E-state index is 12.2. The molecule has 25 heavy (non-hydrogen) atoms. The molecule has 0 aliphatic carbocycles. The van der Waals surface area contributed by atoms with E-state index in [2.05, 4.69) is 5.32 Å². The Labute approximate surface area is 146 Å². The molecular formula is C19H22N2O4. The van der Waals surface area contributed by atoms with Crippen molar-refractivity contribution in [2.75, 3.05) is 13.1 Å². The minimum absolute atomic E-state index is 0.162. The number of fused-ring (bicyclic) bond motifs is 1. The lowest BCUT2D eigenvalue weighted by molar-refractivity contribution is -0.145. The van der Waals surface area contributed by atoms with Gasteiger partial charge in [-0.05, 0) is 30.2 Å². The van der Waals surface area contributed by atoms with Crippen LogP contribution in [-0.4, -0.2) is 46.9 Å². The molecule has 0 saturated heterocycles. The number of aliphatic carboxylic acids is 1. The SMILES string of the molecule is CC(C)N(CC(=O)O)C(=O)CNC(=O)Cc1cccc2ccccc12. The molecule has 0 bridgehead atoms. The number of hydrogen-bond acceptors (Lipinski definition) is 3. The average Bonchev–Trinajstić information content (AvgIpc) is 2.57. The maximum Gasteiger partial charge on any atom is 0.323 e. The molecule has 2 N–H and O–H groups in total. The van der Waals surface area contributed by atoms with Crippen molar-refractivity contribution in [2.24, 2.45) is 0 Å². The Morgan fingerprint density at radius 3 is 2.44 bits per heavy atom. The average molecular weight is 342 g/mol. The smallest absolute Gasteiger partial charge is 0.323 e. The van der Waals surface area contributed by atoms with Gasteiger partial charge in [0.25, 0.3) is 0 Å². The Kier molecular flexibility index (Phi) is 6.11. The summed E-state index contributed by atoms with van der Waals surface area (Å²) < 4.78 is 0. The predicted molar refractivity (Wildman–Crippen MR) is 95.1 cm³/mol. The van der Waals surface area contributed by atoms with Gasteiger partial charge in [-0.25, -0.2) is 0 Å². The molecule has 0 radical (unpaired) electrons. The lowest BCUT2D eigenvalue weighted by atomic mass is 10.0. The molecule has 0 fully saturated rings. The van der Waals surface area contributed by atoms with Crippen LogP contribution < -0.4 is 5.32 Å². The second-order valence-corrected chi connectivity index (χ2v) is 6.10. The van der Waals surface area contributed by atoms with Crippen LogP contribution in [0.25, 0.3) is 10.8 Å². The van der Waals surface area contributed by atoms with Crippen molar-refractivity contribution in [3.8, 4) is 0 Å². The van der Waals surface area contributed by atoms with Crippen molar-refractivity contribution in [3.05, 3.63) is 48.0 Å². The molecule has 0 spiro atoms. The molecule has 132 valence electrons. The van der Waals surface area contributed by atoms with Crippen molar-refractivity contribution < 1.29 is 19.5 Å².